The molecule has 0 bridgehead atoms. The van der Waals surface area contributed by atoms with Crippen LogP contribution in [0.25, 0.3) is 0 Å². The fourth-order valence-corrected chi connectivity index (χ4v) is 3.20. The van der Waals surface area contributed by atoms with Crippen LogP contribution in [0.1, 0.15) is 16.7 Å². The number of oxime groups is 1. The molecule has 0 amide bonds. The molecule has 134 valence electrons. The molecule has 0 fully saturated rings. The van der Waals surface area contributed by atoms with Gasteiger partial charge in [-0.25, -0.2) is 4.98 Å². The molecule has 3 rings (SSSR count). The lowest BCUT2D eigenvalue weighted by molar-refractivity contribution is 0.130. The van der Waals surface area contributed by atoms with Crippen molar-refractivity contribution in [3.8, 4) is 0 Å². The first-order valence-corrected chi connectivity index (χ1v) is 9.01. The van der Waals surface area contributed by atoms with Gasteiger partial charge in [0.25, 0.3) is 0 Å². The second-order valence-corrected chi connectivity index (χ2v) is 7.02. The van der Waals surface area contributed by atoms with Gasteiger partial charge >= 0.3 is 0 Å². The molecule has 0 atom stereocenters. The summed E-state index contributed by atoms with van der Waals surface area (Å²) in [5.74, 6) is 0. The van der Waals surface area contributed by atoms with Crippen molar-refractivity contribution >= 4 is 40.5 Å². The Labute approximate surface area is 167 Å². The summed E-state index contributed by atoms with van der Waals surface area (Å²) in [6, 6.07) is 11.1. The van der Waals surface area contributed by atoms with Crippen molar-refractivity contribution in [2.75, 3.05) is 0 Å². The molecular formula is C19H16Cl3N3O. The number of rotatable bonds is 6. The van der Waals surface area contributed by atoms with Crippen molar-refractivity contribution in [3.63, 3.8) is 0 Å². The standard InChI is InChI=1S/C19H16Cl3N3O/c1-13-2-5-16(18(22)8-13)19(10-25-7-6-23-12-25)24-26-11-14-3-4-15(20)9-17(14)21/h2-9,12H,10-11H2,1H3/b24-19+. The first-order valence-electron chi connectivity index (χ1n) is 7.88. The van der Waals surface area contributed by atoms with Gasteiger partial charge in [-0.15, -0.1) is 0 Å². The van der Waals surface area contributed by atoms with Crippen molar-refractivity contribution in [1.29, 1.82) is 0 Å². The highest BCUT2D eigenvalue weighted by atomic mass is 35.5. The van der Waals surface area contributed by atoms with E-state index in [1.807, 2.05) is 42.0 Å². The Hall–Kier alpha value is -2.01. The number of aryl methyl sites for hydroxylation is 1. The predicted molar refractivity (Wildman–Crippen MR) is 106 cm³/mol. The maximum Gasteiger partial charge on any atom is 0.143 e. The monoisotopic (exact) mass is 407 g/mol. The Balaban J connectivity index is 1.83. The Morgan fingerprint density at radius 2 is 1.96 bits per heavy atom. The lowest BCUT2D eigenvalue weighted by atomic mass is 10.1. The van der Waals surface area contributed by atoms with Crippen LogP contribution in [0.2, 0.25) is 15.1 Å². The summed E-state index contributed by atoms with van der Waals surface area (Å²) >= 11 is 18.5. The molecule has 0 radical (unpaired) electrons. The highest BCUT2D eigenvalue weighted by Crippen LogP contribution is 2.23. The van der Waals surface area contributed by atoms with Crippen LogP contribution in [0.3, 0.4) is 0 Å². The van der Waals surface area contributed by atoms with E-state index in [0.29, 0.717) is 27.3 Å². The number of benzene rings is 2. The van der Waals surface area contributed by atoms with Crippen LogP contribution in [-0.2, 0) is 18.0 Å². The quantitative estimate of drug-likeness (QED) is 0.383. The predicted octanol–water partition coefficient (Wildman–Crippen LogP) is 5.77. The van der Waals surface area contributed by atoms with Crippen LogP contribution >= 0.6 is 34.8 Å². The highest BCUT2D eigenvalue weighted by Gasteiger charge is 2.11. The van der Waals surface area contributed by atoms with E-state index < -0.39 is 0 Å². The van der Waals surface area contributed by atoms with Gasteiger partial charge < -0.3 is 9.40 Å². The van der Waals surface area contributed by atoms with Gasteiger partial charge in [0, 0.05) is 33.6 Å². The molecule has 0 spiro atoms. The number of aromatic nitrogens is 2. The Morgan fingerprint density at radius 1 is 1.12 bits per heavy atom. The van der Waals surface area contributed by atoms with E-state index in [1.165, 1.54) is 0 Å². The van der Waals surface area contributed by atoms with Crippen molar-refractivity contribution in [2.24, 2.45) is 5.16 Å². The fourth-order valence-electron chi connectivity index (χ4n) is 2.39. The van der Waals surface area contributed by atoms with E-state index >= 15 is 0 Å². The van der Waals surface area contributed by atoms with Crippen molar-refractivity contribution < 1.29 is 4.84 Å². The minimum absolute atomic E-state index is 0.229. The van der Waals surface area contributed by atoms with Crippen LogP contribution in [0, 0.1) is 6.92 Å². The van der Waals surface area contributed by atoms with E-state index in [2.05, 4.69) is 10.1 Å². The van der Waals surface area contributed by atoms with Crippen LogP contribution in [0.4, 0.5) is 0 Å². The Kier molecular flexibility index (Phi) is 6.20. The van der Waals surface area contributed by atoms with E-state index in [9.17, 15) is 0 Å². The summed E-state index contributed by atoms with van der Waals surface area (Å²) in [6.45, 7) is 2.70. The molecule has 1 heterocycles. The average molecular weight is 409 g/mol. The Bertz CT molecular complexity index is 924. The summed E-state index contributed by atoms with van der Waals surface area (Å²) in [4.78, 5) is 9.62. The van der Waals surface area contributed by atoms with Gasteiger partial charge in [-0.2, -0.15) is 0 Å². The molecule has 0 aliphatic carbocycles. The van der Waals surface area contributed by atoms with E-state index in [4.69, 9.17) is 39.6 Å². The van der Waals surface area contributed by atoms with Gasteiger partial charge in [-0.3, -0.25) is 0 Å². The lowest BCUT2D eigenvalue weighted by Gasteiger charge is -2.11. The number of halogens is 3. The maximum absolute atomic E-state index is 6.41. The highest BCUT2D eigenvalue weighted by molar-refractivity contribution is 6.35. The number of hydrogen-bond donors (Lipinski definition) is 0. The molecule has 2 aromatic carbocycles. The topological polar surface area (TPSA) is 39.4 Å². The van der Waals surface area contributed by atoms with Gasteiger partial charge in [-0.05, 0) is 30.7 Å². The van der Waals surface area contributed by atoms with Crippen molar-refractivity contribution in [3.05, 3.63) is 86.9 Å². The summed E-state index contributed by atoms with van der Waals surface area (Å²) in [7, 11) is 0. The van der Waals surface area contributed by atoms with Crippen LogP contribution in [0.5, 0.6) is 0 Å². The lowest BCUT2D eigenvalue weighted by Crippen LogP contribution is -2.12. The van der Waals surface area contributed by atoms with Crippen LogP contribution < -0.4 is 0 Å². The normalized spacial score (nSPS) is 11.6. The van der Waals surface area contributed by atoms with Crippen molar-refractivity contribution in [2.45, 2.75) is 20.1 Å². The molecule has 0 aliphatic rings. The zero-order valence-electron chi connectivity index (χ0n) is 14.0. The zero-order valence-corrected chi connectivity index (χ0v) is 16.3. The molecule has 3 aromatic rings. The average Bonchev–Trinajstić information content (AvgIpc) is 3.09. The third-order valence-electron chi connectivity index (χ3n) is 3.74. The number of nitrogens with zero attached hydrogens (tertiary/aromatic N) is 3. The summed E-state index contributed by atoms with van der Waals surface area (Å²) < 4.78 is 1.90. The smallest absolute Gasteiger partial charge is 0.143 e. The SMILES string of the molecule is Cc1ccc(/C(Cn2ccnc2)=N/OCc2ccc(Cl)cc2Cl)c(Cl)c1. The summed E-state index contributed by atoms with van der Waals surface area (Å²) in [6.07, 6.45) is 5.28. The maximum atomic E-state index is 6.41. The first-order chi connectivity index (χ1) is 12.5. The second-order valence-electron chi connectivity index (χ2n) is 5.77. The second kappa shape index (κ2) is 8.58. The largest absolute Gasteiger partial charge is 0.391 e. The van der Waals surface area contributed by atoms with Gasteiger partial charge in [0.05, 0.1) is 17.9 Å². The minimum Gasteiger partial charge on any atom is -0.391 e. The molecule has 7 heteroatoms. The molecule has 0 saturated carbocycles. The number of imidazole rings is 1. The molecule has 0 unspecified atom stereocenters. The molecule has 1 aromatic heterocycles. The van der Waals surface area contributed by atoms with Gasteiger partial charge in [-0.1, -0.05) is 58.2 Å². The molecular weight excluding hydrogens is 393 g/mol. The molecule has 26 heavy (non-hydrogen) atoms. The van der Waals surface area contributed by atoms with Crippen LogP contribution in [-0.4, -0.2) is 15.3 Å². The van der Waals surface area contributed by atoms with Gasteiger partial charge in [0.15, 0.2) is 0 Å². The fraction of sp³-hybridized carbons (Fsp3) is 0.158. The first kappa shape index (κ1) is 18.8. The summed E-state index contributed by atoms with van der Waals surface area (Å²) in [5.41, 5.74) is 3.39. The molecule has 0 saturated heterocycles. The zero-order chi connectivity index (χ0) is 18.5. The molecule has 4 nitrogen and oxygen atoms in total. The van der Waals surface area contributed by atoms with Gasteiger partial charge in [0.1, 0.15) is 12.3 Å². The van der Waals surface area contributed by atoms with E-state index in [-0.39, 0.29) is 6.61 Å². The van der Waals surface area contributed by atoms with Crippen LogP contribution in [0.15, 0.2) is 60.3 Å². The van der Waals surface area contributed by atoms with E-state index in [1.54, 1.807) is 24.7 Å². The van der Waals surface area contributed by atoms with E-state index in [0.717, 1.165) is 16.7 Å². The third kappa shape index (κ3) is 4.79. The Morgan fingerprint density at radius 3 is 2.65 bits per heavy atom. The molecule has 0 N–H and O–H groups in total. The number of hydrogen-bond acceptors (Lipinski definition) is 3. The van der Waals surface area contributed by atoms with Gasteiger partial charge in [0.2, 0.25) is 0 Å². The third-order valence-corrected chi connectivity index (χ3v) is 4.64. The molecule has 0 aliphatic heterocycles. The summed E-state index contributed by atoms with van der Waals surface area (Å²) in [5, 5.41) is 6.05. The van der Waals surface area contributed by atoms with Crippen molar-refractivity contribution in [1.82, 2.24) is 9.55 Å². The minimum atomic E-state index is 0.229.